The minimum Gasteiger partial charge on any atom is -0.409 e. The predicted octanol–water partition coefficient (Wildman–Crippen LogP) is 4.27. The average molecular weight is 325 g/mol. The Morgan fingerprint density at radius 1 is 1.09 bits per heavy atom. The van der Waals surface area contributed by atoms with Crippen LogP contribution < -0.4 is 0 Å². The highest BCUT2D eigenvalue weighted by Crippen LogP contribution is 2.18. The Bertz CT molecular complexity index is 821. The van der Waals surface area contributed by atoms with Gasteiger partial charge in [-0.3, -0.25) is 4.90 Å². The molecule has 0 unspecified atom stereocenters. The quantitative estimate of drug-likeness (QED) is 0.656. The van der Waals surface area contributed by atoms with E-state index in [4.69, 9.17) is 16.6 Å². The maximum Gasteiger partial charge on any atom is 0.288 e. The van der Waals surface area contributed by atoms with Crippen LogP contribution in [0.5, 0.6) is 0 Å². The maximum atomic E-state index is 5.63. The molecule has 3 rings (SSSR count). The van der Waals surface area contributed by atoms with Crippen molar-refractivity contribution in [2.75, 3.05) is 7.05 Å². The molecule has 3 aromatic rings. The van der Waals surface area contributed by atoms with Crippen molar-refractivity contribution in [3.8, 4) is 11.5 Å². The van der Waals surface area contributed by atoms with Gasteiger partial charge in [0.2, 0.25) is 5.89 Å². The van der Waals surface area contributed by atoms with Gasteiger partial charge in [0.25, 0.3) is 4.84 Å². The Hall–Kier alpha value is -2.24. The molecule has 118 valence electrons. The summed E-state index contributed by atoms with van der Waals surface area (Å²) in [4.78, 5) is 2.53. The summed E-state index contributed by atoms with van der Waals surface area (Å²) >= 11 is 5.29. The molecule has 0 aliphatic carbocycles. The number of benzene rings is 2. The van der Waals surface area contributed by atoms with Crippen LogP contribution in [-0.2, 0) is 13.2 Å². The van der Waals surface area contributed by atoms with Crippen LogP contribution in [0.25, 0.3) is 11.5 Å². The average Bonchev–Trinajstić information content (AvgIpc) is 2.90. The first kappa shape index (κ1) is 15.6. The van der Waals surface area contributed by atoms with E-state index in [0.29, 0.717) is 17.4 Å². The third-order valence-electron chi connectivity index (χ3n) is 3.58. The largest absolute Gasteiger partial charge is 0.409 e. The molecule has 0 atom stereocenters. The van der Waals surface area contributed by atoms with Gasteiger partial charge in [-0.1, -0.05) is 48.0 Å². The van der Waals surface area contributed by atoms with E-state index in [2.05, 4.69) is 29.1 Å². The van der Waals surface area contributed by atoms with Crippen molar-refractivity contribution in [2.45, 2.75) is 20.1 Å². The Kier molecular flexibility index (Phi) is 4.69. The van der Waals surface area contributed by atoms with Crippen LogP contribution in [0.4, 0.5) is 0 Å². The van der Waals surface area contributed by atoms with Crippen LogP contribution in [-0.4, -0.2) is 21.7 Å². The second-order valence-corrected chi connectivity index (χ2v) is 6.03. The molecule has 0 amide bonds. The number of aryl methyl sites for hydroxylation is 1. The molecule has 0 fully saturated rings. The van der Waals surface area contributed by atoms with E-state index in [1.807, 2.05) is 49.5 Å². The fourth-order valence-electron chi connectivity index (χ4n) is 2.38. The van der Waals surface area contributed by atoms with Crippen LogP contribution in [0.1, 0.15) is 11.1 Å². The number of hydrogen-bond donors (Lipinski definition) is 0. The number of hydrogen-bond acceptors (Lipinski definition) is 4. The van der Waals surface area contributed by atoms with Gasteiger partial charge in [-0.25, -0.2) is 4.68 Å². The first-order valence-electron chi connectivity index (χ1n) is 7.49. The molecule has 0 bridgehead atoms. The highest BCUT2D eigenvalue weighted by atomic mass is 32.1. The smallest absolute Gasteiger partial charge is 0.288 e. The van der Waals surface area contributed by atoms with Crippen LogP contribution in [0, 0.1) is 11.8 Å². The number of rotatable bonds is 5. The molecule has 0 saturated heterocycles. The molecule has 0 aliphatic rings. The summed E-state index contributed by atoms with van der Waals surface area (Å²) in [7, 11) is 2.04. The molecule has 0 N–H and O–H groups in total. The van der Waals surface area contributed by atoms with Gasteiger partial charge in [-0.05, 0) is 43.9 Å². The van der Waals surface area contributed by atoms with Gasteiger partial charge in [-0.2, -0.15) is 0 Å². The van der Waals surface area contributed by atoms with Gasteiger partial charge >= 0.3 is 0 Å². The van der Waals surface area contributed by atoms with Gasteiger partial charge in [0.1, 0.15) is 0 Å². The van der Waals surface area contributed by atoms with Crippen LogP contribution in [0.3, 0.4) is 0 Å². The lowest BCUT2D eigenvalue weighted by atomic mass is 10.1. The lowest BCUT2D eigenvalue weighted by Crippen LogP contribution is -2.22. The number of aromatic nitrogens is 2. The van der Waals surface area contributed by atoms with Gasteiger partial charge in [0.05, 0.1) is 6.67 Å². The summed E-state index contributed by atoms with van der Waals surface area (Å²) in [5.74, 6) is 0.558. The Morgan fingerprint density at radius 2 is 1.78 bits per heavy atom. The monoisotopic (exact) mass is 325 g/mol. The van der Waals surface area contributed by atoms with Crippen molar-refractivity contribution < 1.29 is 4.42 Å². The second kappa shape index (κ2) is 6.89. The highest BCUT2D eigenvalue weighted by molar-refractivity contribution is 7.71. The highest BCUT2D eigenvalue weighted by Gasteiger charge is 2.10. The zero-order valence-electron chi connectivity index (χ0n) is 13.3. The van der Waals surface area contributed by atoms with Crippen molar-refractivity contribution >= 4 is 12.2 Å². The summed E-state index contributed by atoms with van der Waals surface area (Å²) in [6.45, 7) is 3.47. The molecular formula is C18H19N3OS. The molecule has 0 saturated carbocycles. The summed E-state index contributed by atoms with van der Waals surface area (Å²) in [6.07, 6.45) is 0. The Balaban J connectivity index is 1.73. The van der Waals surface area contributed by atoms with E-state index in [-0.39, 0.29) is 0 Å². The van der Waals surface area contributed by atoms with Gasteiger partial charge in [-0.15, -0.1) is 5.10 Å². The van der Waals surface area contributed by atoms with E-state index >= 15 is 0 Å². The number of nitrogens with zero attached hydrogens (tertiary/aromatic N) is 3. The lowest BCUT2D eigenvalue weighted by molar-refractivity contribution is 0.240. The van der Waals surface area contributed by atoms with Crippen molar-refractivity contribution in [1.82, 2.24) is 14.7 Å². The molecule has 1 aromatic heterocycles. The van der Waals surface area contributed by atoms with Crippen molar-refractivity contribution in [1.29, 1.82) is 0 Å². The van der Waals surface area contributed by atoms with Gasteiger partial charge in [0.15, 0.2) is 0 Å². The summed E-state index contributed by atoms with van der Waals surface area (Å²) in [5, 5.41) is 4.50. The van der Waals surface area contributed by atoms with Gasteiger partial charge in [0, 0.05) is 12.1 Å². The molecule has 5 heteroatoms. The fraction of sp³-hybridized carbons (Fsp3) is 0.222. The van der Waals surface area contributed by atoms with Gasteiger partial charge < -0.3 is 4.42 Å². The lowest BCUT2D eigenvalue weighted by Gasteiger charge is -2.15. The molecule has 2 aromatic carbocycles. The Labute approximate surface area is 141 Å². The molecule has 0 spiro atoms. The summed E-state index contributed by atoms with van der Waals surface area (Å²) < 4.78 is 7.35. The third kappa shape index (κ3) is 3.94. The molecule has 4 nitrogen and oxygen atoms in total. The maximum absolute atomic E-state index is 5.63. The SMILES string of the molecule is Cc1ccc(-c2nn(CN(C)Cc3ccccc3)c(=S)o2)cc1. The van der Waals surface area contributed by atoms with Crippen LogP contribution in [0.2, 0.25) is 0 Å². The first-order valence-corrected chi connectivity index (χ1v) is 7.90. The Morgan fingerprint density at radius 3 is 2.48 bits per heavy atom. The third-order valence-corrected chi connectivity index (χ3v) is 3.87. The minimum atomic E-state index is 0.389. The van der Waals surface area contributed by atoms with E-state index in [9.17, 15) is 0 Å². The summed E-state index contributed by atoms with van der Waals surface area (Å²) in [6, 6.07) is 18.4. The molecule has 1 heterocycles. The molecule has 0 aliphatic heterocycles. The van der Waals surface area contributed by atoms with E-state index in [0.717, 1.165) is 12.1 Å². The van der Waals surface area contributed by atoms with Crippen molar-refractivity contribution in [3.63, 3.8) is 0 Å². The minimum absolute atomic E-state index is 0.389. The van der Waals surface area contributed by atoms with E-state index < -0.39 is 0 Å². The molecule has 0 radical (unpaired) electrons. The normalized spacial score (nSPS) is 11.1. The van der Waals surface area contributed by atoms with Crippen LogP contribution in [0.15, 0.2) is 59.0 Å². The zero-order valence-corrected chi connectivity index (χ0v) is 14.1. The molecule has 23 heavy (non-hydrogen) atoms. The standard InChI is InChI=1S/C18H19N3OS/c1-14-8-10-16(11-9-14)17-19-21(18(23)22-17)13-20(2)12-15-6-4-3-5-7-15/h3-11H,12-13H2,1-2H3. The van der Waals surface area contributed by atoms with E-state index in [1.54, 1.807) is 4.68 Å². The molecular weight excluding hydrogens is 306 g/mol. The van der Waals surface area contributed by atoms with Crippen molar-refractivity contribution in [2.24, 2.45) is 0 Å². The van der Waals surface area contributed by atoms with Crippen molar-refractivity contribution in [3.05, 3.63) is 70.6 Å². The van der Waals surface area contributed by atoms with Crippen LogP contribution >= 0.6 is 12.2 Å². The predicted molar refractivity (Wildman–Crippen MR) is 93.4 cm³/mol. The zero-order chi connectivity index (χ0) is 16.2. The van der Waals surface area contributed by atoms with E-state index in [1.165, 1.54) is 11.1 Å². The second-order valence-electron chi connectivity index (χ2n) is 5.68. The topological polar surface area (TPSA) is 34.2 Å². The first-order chi connectivity index (χ1) is 11.1. The summed E-state index contributed by atoms with van der Waals surface area (Å²) in [5.41, 5.74) is 3.39. The fourth-order valence-corrected chi connectivity index (χ4v) is 2.56.